The normalized spacial score (nSPS) is 17.2. The summed E-state index contributed by atoms with van der Waals surface area (Å²) in [5.41, 5.74) is 5.89. The van der Waals surface area contributed by atoms with Gasteiger partial charge < -0.3 is 21.1 Å². The lowest BCUT2D eigenvalue weighted by Gasteiger charge is -2.20. The zero-order valence-electron chi connectivity index (χ0n) is 11.5. The second-order valence-corrected chi connectivity index (χ2v) is 6.80. The number of aliphatic hydroxyl groups excluding tert-OH is 1. The lowest BCUT2D eigenvalue weighted by Crippen LogP contribution is -2.29. The third kappa shape index (κ3) is 3.05. The highest BCUT2D eigenvalue weighted by molar-refractivity contribution is 7.91. The fourth-order valence-corrected chi connectivity index (χ4v) is 3.32. The van der Waals surface area contributed by atoms with Crippen LogP contribution in [0.1, 0.15) is 6.42 Å². The van der Waals surface area contributed by atoms with E-state index in [1.165, 1.54) is 4.68 Å². The van der Waals surface area contributed by atoms with Crippen molar-refractivity contribution >= 4 is 21.5 Å². The molecule has 4 N–H and O–H groups in total. The maximum Gasteiger partial charge on any atom is 0.182 e. The Morgan fingerprint density at radius 1 is 1.40 bits per heavy atom. The van der Waals surface area contributed by atoms with Crippen molar-refractivity contribution in [3.8, 4) is 0 Å². The number of aliphatic hydroxyl groups is 1. The summed E-state index contributed by atoms with van der Waals surface area (Å²) in [7, 11) is -3.47. The maximum atomic E-state index is 12.0. The zero-order valence-corrected chi connectivity index (χ0v) is 12.4. The number of nitrogen functional groups attached to an aromatic ring is 1. The lowest BCUT2D eigenvalue weighted by molar-refractivity contribution is 0.270. The van der Waals surface area contributed by atoms with E-state index in [4.69, 9.17) is 10.8 Å². The fourth-order valence-electron chi connectivity index (χ4n) is 2.33. The molecule has 0 atom stereocenters. The number of nitrogens with two attached hydrogens (primary N) is 1. The first kappa shape index (κ1) is 15.1. The van der Waals surface area contributed by atoms with Crippen LogP contribution in [0.4, 0.5) is 11.6 Å². The Kier molecular flexibility index (Phi) is 4.51. The minimum absolute atomic E-state index is 0.0628. The molecule has 0 aromatic carbocycles. The summed E-state index contributed by atoms with van der Waals surface area (Å²) in [6.45, 7) is 3.12. The molecule has 0 saturated carbocycles. The molecule has 0 bridgehead atoms. The number of aromatic nitrogens is 2. The van der Waals surface area contributed by atoms with Crippen molar-refractivity contribution in [3.05, 3.63) is 0 Å². The Bertz CT molecular complexity index is 561. The third-order valence-electron chi connectivity index (χ3n) is 3.25. The van der Waals surface area contributed by atoms with E-state index in [9.17, 15) is 8.42 Å². The van der Waals surface area contributed by atoms with Gasteiger partial charge in [-0.15, -0.1) is 0 Å². The van der Waals surface area contributed by atoms with Crippen molar-refractivity contribution in [1.82, 2.24) is 15.1 Å². The lowest BCUT2D eigenvalue weighted by atomic mass is 10.4. The number of nitrogens with one attached hydrogen (secondary N) is 1. The molecule has 114 valence electrons. The minimum Gasteiger partial charge on any atom is -0.394 e. The highest BCUT2D eigenvalue weighted by Gasteiger charge is 2.27. The molecule has 0 aliphatic carbocycles. The molecule has 9 heteroatoms. The summed E-state index contributed by atoms with van der Waals surface area (Å²) in [4.78, 5) is 1.99. The van der Waals surface area contributed by atoms with E-state index in [0.717, 1.165) is 32.3 Å². The van der Waals surface area contributed by atoms with E-state index in [1.54, 1.807) is 0 Å². The second-order valence-electron chi connectivity index (χ2n) is 4.85. The van der Waals surface area contributed by atoms with Gasteiger partial charge in [-0.2, -0.15) is 5.10 Å². The average Bonchev–Trinajstić information content (AvgIpc) is 2.56. The van der Waals surface area contributed by atoms with Crippen molar-refractivity contribution in [1.29, 1.82) is 0 Å². The quantitative estimate of drug-likeness (QED) is 0.631. The first-order chi connectivity index (χ1) is 9.45. The van der Waals surface area contributed by atoms with E-state index >= 15 is 0 Å². The molecule has 0 radical (unpaired) electrons. The first-order valence-corrected chi connectivity index (χ1v) is 8.47. The molecular formula is C11H21N5O3S. The Labute approximate surface area is 118 Å². The van der Waals surface area contributed by atoms with Crippen LogP contribution in [-0.4, -0.2) is 62.3 Å². The summed E-state index contributed by atoms with van der Waals surface area (Å²) in [5.74, 6) is 0.482. The summed E-state index contributed by atoms with van der Waals surface area (Å²) in [6.07, 6.45) is 2.04. The van der Waals surface area contributed by atoms with Gasteiger partial charge >= 0.3 is 0 Å². The van der Waals surface area contributed by atoms with Crippen LogP contribution >= 0.6 is 0 Å². The van der Waals surface area contributed by atoms with Crippen molar-refractivity contribution in [2.75, 3.05) is 49.7 Å². The molecule has 1 fully saturated rings. The minimum atomic E-state index is -3.47. The van der Waals surface area contributed by atoms with Crippen molar-refractivity contribution in [2.45, 2.75) is 17.9 Å². The second kappa shape index (κ2) is 5.98. The highest BCUT2D eigenvalue weighted by atomic mass is 32.2. The first-order valence-electron chi connectivity index (χ1n) is 6.58. The molecule has 0 spiro atoms. The molecule has 1 aliphatic rings. The number of hydrogen-bond donors (Lipinski definition) is 3. The number of nitrogens with zero attached hydrogens (tertiary/aromatic N) is 3. The van der Waals surface area contributed by atoms with Crippen LogP contribution < -0.4 is 16.0 Å². The third-order valence-corrected chi connectivity index (χ3v) is 4.38. The summed E-state index contributed by atoms with van der Waals surface area (Å²) >= 11 is 0. The van der Waals surface area contributed by atoms with Gasteiger partial charge in [0.1, 0.15) is 5.82 Å². The summed E-state index contributed by atoms with van der Waals surface area (Å²) < 4.78 is 25.3. The largest absolute Gasteiger partial charge is 0.394 e. The van der Waals surface area contributed by atoms with Crippen LogP contribution in [0.5, 0.6) is 0 Å². The Balaban J connectivity index is 2.47. The van der Waals surface area contributed by atoms with Gasteiger partial charge in [-0.3, -0.25) is 0 Å². The molecule has 0 unspecified atom stereocenters. The van der Waals surface area contributed by atoms with E-state index in [1.807, 2.05) is 4.90 Å². The van der Waals surface area contributed by atoms with Crippen LogP contribution in [0.25, 0.3) is 0 Å². The Morgan fingerprint density at radius 2 is 2.15 bits per heavy atom. The maximum absolute atomic E-state index is 12.0. The molecule has 1 aromatic heterocycles. The Morgan fingerprint density at radius 3 is 2.80 bits per heavy atom. The van der Waals surface area contributed by atoms with Gasteiger partial charge in [0, 0.05) is 25.9 Å². The molecule has 2 heterocycles. The molecule has 1 aliphatic heterocycles. The van der Waals surface area contributed by atoms with Gasteiger partial charge in [-0.25, -0.2) is 13.1 Å². The van der Waals surface area contributed by atoms with Gasteiger partial charge in [0.25, 0.3) is 0 Å². The highest BCUT2D eigenvalue weighted by Crippen LogP contribution is 2.30. The van der Waals surface area contributed by atoms with Crippen molar-refractivity contribution in [2.24, 2.45) is 0 Å². The van der Waals surface area contributed by atoms with Gasteiger partial charge in [0.05, 0.1) is 13.2 Å². The predicted octanol–water partition coefficient (Wildman–Crippen LogP) is -1.34. The van der Waals surface area contributed by atoms with Gasteiger partial charge in [-0.1, -0.05) is 0 Å². The van der Waals surface area contributed by atoms with Crippen LogP contribution in [0.3, 0.4) is 0 Å². The van der Waals surface area contributed by atoms with Gasteiger partial charge in [0.15, 0.2) is 20.6 Å². The monoisotopic (exact) mass is 303 g/mol. The van der Waals surface area contributed by atoms with E-state index in [2.05, 4.69) is 10.4 Å². The van der Waals surface area contributed by atoms with E-state index < -0.39 is 9.84 Å². The smallest absolute Gasteiger partial charge is 0.182 e. The topological polar surface area (TPSA) is 113 Å². The molecule has 1 saturated heterocycles. The molecule has 20 heavy (non-hydrogen) atoms. The number of anilines is 2. The van der Waals surface area contributed by atoms with Crippen molar-refractivity contribution in [3.63, 3.8) is 0 Å². The molecule has 1 aromatic rings. The number of hydrogen-bond acceptors (Lipinski definition) is 7. The number of sulfone groups is 1. The van der Waals surface area contributed by atoms with Crippen molar-refractivity contribution < 1.29 is 13.5 Å². The van der Waals surface area contributed by atoms with Crippen LogP contribution in [0.15, 0.2) is 4.90 Å². The van der Waals surface area contributed by atoms with E-state index in [-0.39, 0.29) is 23.9 Å². The molecule has 8 nitrogen and oxygen atoms in total. The number of rotatable bonds is 4. The zero-order chi connectivity index (χ0) is 14.8. The van der Waals surface area contributed by atoms with Gasteiger partial charge in [0.2, 0.25) is 0 Å². The standard InChI is InChI=1S/C11H21N5O3S/c1-20(18,19)9-10(12)16(7-8-17)14-11(9)15-5-2-3-13-4-6-15/h13,17H,2-8,12H2,1H3. The van der Waals surface area contributed by atoms with Crippen LogP contribution in [0, 0.1) is 0 Å². The van der Waals surface area contributed by atoms with Crippen LogP contribution in [0.2, 0.25) is 0 Å². The fraction of sp³-hybridized carbons (Fsp3) is 0.727. The van der Waals surface area contributed by atoms with Gasteiger partial charge in [-0.05, 0) is 13.0 Å². The van der Waals surface area contributed by atoms with E-state index in [0.29, 0.717) is 12.4 Å². The van der Waals surface area contributed by atoms with Crippen LogP contribution in [-0.2, 0) is 16.4 Å². The Hall–Kier alpha value is -1.32. The summed E-state index contributed by atoms with van der Waals surface area (Å²) in [6, 6.07) is 0. The molecular weight excluding hydrogens is 282 g/mol. The summed E-state index contributed by atoms with van der Waals surface area (Å²) in [5, 5.41) is 16.5. The molecule has 0 amide bonds. The SMILES string of the molecule is CS(=O)(=O)c1c(N2CCCNCC2)nn(CCO)c1N. The molecule has 2 rings (SSSR count). The average molecular weight is 303 g/mol. The predicted molar refractivity (Wildman–Crippen MR) is 76.5 cm³/mol.